The van der Waals surface area contributed by atoms with Crippen LogP contribution in [0.3, 0.4) is 0 Å². The lowest BCUT2D eigenvalue weighted by Crippen LogP contribution is -2.05. The molecule has 0 aromatic carbocycles. The van der Waals surface area contributed by atoms with Crippen molar-refractivity contribution in [1.29, 1.82) is 0 Å². The molecule has 0 fully saturated rings. The summed E-state index contributed by atoms with van der Waals surface area (Å²) >= 11 is 2.90. The predicted molar refractivity (Wildman–Crippen MR) is 105 cm³/mol. The lowest BCUT2D eigenvalue weighted by molar-refractivity contribution is 0.0605. The van der Waals surface area contributed by atoms with Crippen molar-refractivity contribution in [2.75, 3.05) is 12.4 Å². The van der Waals surface area contributed by atoms with Crippen molar-refractivity contribution in [3.8, 4) is 10.7 Å². The first-order valence-electron chi connectivity index (χ1n) is 8.12. The first-order chi connectivity index (χ1) is 13.1. The van der Waals surface area contributed by atoms with Gasteiger partial charge >= 0.3 is 5.97 Å². The Labute approximate surface area is 162 Å². The van der Waals surface area contributed by atoms with Gasteiger partial charge in [0.25, 0.3) is 0 Å². The number of anilines is 1. The molecule has 8 nitrogen and oxygen atoms in total. The molecule has 0 saturated carbocycles. The zero-order valence-electron chi connectivity index (χ0n) is 14.9. The van der Waals surface area contributed by atoms with Gasteiger partial charge in [-0.05, 0) is 30.9 Å². The summed E-state index contributed by atoms with van der Waals surface area (Å²) in [6.45, 7) is 4.12. The SMILES string of the molecule is COC(=O)c1sc2nc(C)nc(NCc3nc(-c4cccs4)n[nH]3)c2c1C. The highest BCUT2D eigenvalue weighted by Crippen LogP contribution is 2.34. The predicted octanol–water partition coefficient (Wildman–Crippen LogP) is 3.55. The van der Waals surface area contributed by atoms with Crippen molar-refractivity contribution in [3.63, 3.8) is 0 Å². The molecule has 0 spiro atoms. The Bertz CT molecular complexity index is 1120. The summed E-state index contributed by atoms with van der Waals surface area (Å²) in [4.78, 5) is 27.8. The molecule has 4 aromatic rings. The van der Waals surface area contributed by atoms with Gasteiger partial charge in [-0.15, -0.1) is 22.7 Å². The minimum atomic E-state index is -0.366. The van der Waals surface area contributed by atoms with Crippen molar-refractivity contribution in [2.45, 2.75) is 20.4 Å². The Morgan fingerprint density at radius 1 is 1.30 bits per heavy atom. The fourth-order valence-corrected chi connectivity index (χ4v) is 4.52. The van der Waals surface area contributed by atoms with E-state index in [1.807, 2.05) is 31.4 Å². The van der Waals surface area contributed by atoms with Crippen LogP contribution in [0, 0.1) is 13.8 Å². The zero-order valence-corrected chi connectivity index (χ0v) is 16.5. The molecule has 4 heterocycles. The van der Waals surface area contributed by atoms with Crippen molar-refractivity contribution < 1.29 is 9.53 Å². The van der Waals surface area contributed by atoms with Gasteiger partial charge in [0.15, 0.2) is 5.82 Å². The summed E-state index contributed by atoms with van der Waals surface area (Å²) in [5.41, 5.74) is 0.807. The quantitative estimate of drug-likeness (QED) is 0.493. The number of esters is 1. The topological polar surface area (TPSA) is 106 Å². The molecule has 0 radical (unpaired) electrons. The number of thiophene rings is 2. The number of fused-ring (bicyclic) bond motifs is 1. The average molecular weight is 400 g/mol. The summed E-state index contributed by atoms with van der Waals surface area (Å²) in [6.07, 6.45) is 0. The van der Waals surface area contributed by atoms with Gasteiger partial charge in [-0.25, -0.2) is 19.7 Å². The molecule has 4 rings (SSSR count). The zero-order chi connectivity index (χ0) is 19.0. The number of hydrogen-bond donors (Lipinski definition) is 2. The summed E-state index contributed by atoms with van der Waals surface area (Å²) in [7, 11) is 1.37. The number of nitrogens with one attached hydrogen (secondary N) is 2. The van der Waals surface area contributed by atoms with Crippen LogP contribution < -0.4 is 5.32 Å². The van der Waals surface area contributed by atoms with Crippen molar-refractivity contribution in [2.24, 2.45) is 0 Å². The van der Waals surface area contributed by atoms with E-state index in [1.54, 1.807) is 11.3 Å². The molecule has 0 aliphatic heterocycles. The van der Waals surface area contributed by atoms with E-state index >= 15 is 0 Å². The van der Waals surface area contributed by atoms with Crippen LogP contribution >= 0.6 is 22.7 Å². The highest BCUT2D eigenvalue weighted by atomic mass is 32.1. The lowest BCUT2D eigenvalue weighted by atomic mass is 10.2. The molecule has 4 aromatic heterocycles. The molecule has 0 bridgehead atoms. The Kier molecular flexibility index (Phi) is 4.58. The number of aryl methyl sites for hydroxylation is 2. The Morgan fingerprint density at radius 2 is 2.15 bits per heavy atom. The van der Waals surface area contributed by atoms with Gasteiger partial charge in [0.1, 0.15) is 27.2 Å². The maximum atomic E-state index is 12.0. The second-order valence-electron chi connectivity index (χ2n) is 5.78. The standard InChI is InChI=1S/C17H16N6O2S2/c1-8-12-15(19-9(2)20-16(12)27-13(8)17(24)25-3)18-7-11-21-14(23-22-11)10-5-4-6-26-10/h4-6H,7H2,1-3H3,(H,18,19,20)(H,21,22,23). The van der Waals surface area contributed by atoms with Crippen LogP contribution in [0.2, 0.25) is 0 Å². The summed E-state index contributed by atoms with van der Waals surface area (Å²) < 4.78 is 4.86. The fourth-order valence-electron chi connectivity index (χ4n) is 2.72. The second kappa shape index (κ2) is 7.05. The Hall–Kier alpha value is -2.85. The van der Waals surface area contributed by atoms with Gasteiger partial charge in [0.2, 0.25) is 0 Å². The van der Waals surface area contributed by atoms with Crippen LogP contribution in [-0.4, -0.2) is 38.2 Å². The number of carbonyl (C=O) groups excluding carboxylic acids is 1. The van der Waals surface area contributed by atoms with Crippen LogP contribution in [0.15, 0.2) is 17.5 Å². The van der Waals surface area contributed by atoms with E-state index in [9.17, 15) is 4.79 Å². The van der Waals surface area contributed by atoms with Crippen LogP contribution in [0.1, 0.15) is 26.9 Å². The van der Waals surface area contributed by atoms with Crippen LogP contribution in [0.25, 0.3) is 20.9 Å². The van der Waals surface area contributed by atoms with E-state index in [2.05, 4.69) is 30.5 Å². The molecular weight excluding hydrogens is 384 g/mol. The first-order valence-corrected chi connectivity index (χ1v) is 9.81. The minimum absolute atomic E-state index is 0.366. The third-order valence-electron chi connectivity index (χ3n) is 3.97. The van der Waals surface area contributed by atoms with Gasteiger partial charge in [-0.3, -0.25) is 5.10 Å². The maximum absolute atomic E-state index is 12.0. The highest BCUT2D eigenvalue weighted by Gasteiger charge is 2.20. The molecule has 0 saturated heterocycles. The maximum Gasteiger partial charge on any atom is 0.348 e. The number of nitrogens with zero attached hydrogens (tertiary/aromatic N) is 4. The number of methoxy groups -OCH3 is 1. The number of ether oxygens (including phenoxy) is 1. The number of aromatic nitrogens is 5. The molecule has 10 heteroatoms. The van der Waals surface area contributed by atoms with Crippen molar-refractivity contribution in [3.05, 3.63) is 39.6 Å². The van der Waals surface area contributed by atoms with E-state index in [4.69, 9.17) is 4.74 Å². The smallest absolute Gasteiger partial charge is 0.348 e. The van der Waals surface area contributed by atoms with E-state index in [0.717, 1.165) is 20.7 Å². The first kappa shape index (κ1) is 17.6. The minimum Gasteiger partial charge on any atom is -0.465 e. The normalized spacial score (nSPS) is 11.1. The molecule has 2 N–H and O–H groups in total. The third kappa shape index (κ3) is 3.28. The van der Waals surface area contributed by atoms with Crippen LogP contribution in [0.5, 0.6) is 0 Å². The van der Waals surface area contributed by atoms with Gasteiger partial charge in [0, 0.05) is 0 Å². The van der Waals surface area contributed by atoms with Gasteiger partial charge in [0.05, 0.1) is 23.9 Å². The Balaban J connectivity index is 1.64. The second-order valence-corrected chi connectivity index (χ2v) is 7.73. The molecule has 0 atom stereocenters. The molecule has 27 heavy (non-hydrogen) atoms. The number of H-pyrrole nitrogens is 1. The number of carbonyl (C=O) groups is 1. The molecular formula is C17H16N6O2S2. The highest BCUT2D eigenvalue weighted by molar-refractivity contribution is 7.20. The summed E-state index contributed by atoms with van der Waals surface area (Å²) in [5.74, 6) is 2.29. The third-order valence-corrected chi connectivity index (χ3v) is 6.00. The molecule has 0 unspecified atom stereocenters. The van der Waals surface area contributed by atoms with Crippen molar-refractivity contribution in [1.82, 2.24) is 25.1 Å². The summed E-state index contributed by atoms with van der Waals surface area (Å²) in [5, 5.41) is 13.3. The molecule has 138 valence electrons. The monoisotopic (exact) mass is 400 g/mol. The number of hydrogen-bond acceptors (Lipinski definition) is 9. The molecule has 0 aliphatic carbocycles. The van der Waals surface area contributed by atoms with E-state index in [-0.39, 0.29) is 5.97 Å². The van der Waals surface area contributed by atoms with Gasteiger partial charge in [-0.1, -0.05) is 6.07 Å². The van der Waals surface area contributed by atoms with Crippen LogP contribution in [0.4, 0.5) is 5.82 Å². The van der Waals surface area contributed by atoms with Crippen molar-refractivity contribution >= 4 is 44.7 Å². The average Bonchev–Trinajstić information content (AvgIpc) is 3.39. The molecule has 0 amide bonds. The van der Waals surface area contributed by atoms with E-state index in [0.29, 0.717) is 34.7 Å². The fraction of sp³-hybridized carbons (Fsp3) is 0.235. The number of aromatic amines is 1. The van der Waals surface area contributed by atoms with Gasteiger partial charge in [-0.2, -0.15) is 5.10 Å². The largest absolute Gasteiger partial charge is 0.465 e. The van der Waals surface area contributed by atoms with E-state index < -0.39 is 0 Å². The van der Waals surface area contributed by atoms with E-state index in [1.165, 1.54) is 18.4 Å². The summed E-state index contributed by atoms with van der Waals surface area (Å²) in [6, 6.07) is 3.94. The number of rotatable bonds is 5. The Morgan fingerprint density at radius 3 is 2.89 bits per heavy atom. The molecule has 0 aliphatic rings. The van der Waals surface area contributed by atoms with Crippen LogP contribution in [-0.2, 0) is 11.3 Å². The lowest BCUT2D eigenvalue weighted by Gasteiger charge is -2.07. The van der Waals surface area contributed by atoms with Gasteiger partial charge < -0.3 is 10.1 Å².